The van der Waals surface area contributed by atoms with Gasteiger partial charge in [-0.1, -0.05) is 26.3 Å². The van der Waals surface area contributed by atoms with Gasteiger partial charge < -0.3 is 4.74 Å². The summed E-state index contributed by atoms with van der Waals surface area (Å²) in [6.45, 7) is 10.4. The van der Waals surface area contributed by atoms with Crippen LogP contribution in [-0.2, 0) is 9.53 Å². The lowest BCUT2D eigenvalue weighted by Crippen LogP contribution is -2.10. The second-order valence-electron chi connectivity index (χ2n) is 3.38. The predicted octanol–water partition coefficient (Wildman–Crippen LogP) is 2.93. The minimum absolute atomic E-state index is 0.173. The zero-order chi connectivity index (χ0) is 10.4. The third-order valence-electron chi connectivity index (χ3n) is 2.14. The van der Waals surface area contributed by atoms with Crippen LogP contribution in [0.5, 0.6) is 0 Å². The molecule has 0 unspecified atom stereocenters. The standard InChI is InChI=1S/C11H20O2/c1-6-10(8(3)4)9(5)11(12)13-7-2/h8H,6-7H2,1-5H3. The van der Waals surface area contributed by atoms with E-state index < -0.39 is 0 Å². The van der Waals surface area contributed by atoms with Crippen LogP contribution in [0, 0.1) is 5.92 Å². The zero-order valence-corrected chi connectivity index (χ0v) is 9.31. The van der Waals surface area contributed by atoms with Crippen LogP contribution < -0.4 is 0 Å². The summed E-state index contributed by atoms with van der Waals surface area (Å²) < 4.78 is 4.94. The SMILES string of the molecule is CCOC(=O)C(C)=C(CC)C(C)C. The molecule has 0 radical (unpaired) electrons. The first-order valence-electron chi connectivity index (χ1n) is 4.91. The lowest BCUT2D eigenvalue weighted by Gasteiger charge is -2.12. The molecule has 0 aromatic heterocycles. The summed E-state index contributed by atoms with van der Waals surface area (Å²) in [4.78, 5) is 11.4. The van der Waals surface area contributed by atoms with Crippen LogP contribution in [0.3, 0.4) is 0 Å². The smallest absolute Gasteiger partial charge is 0.333 e. The lowest BCUT2D eigenvalue weighted by molar-refractivity contribution is -0.138. The van der Waals surface area contributed by atoms with Crippen LogP contribution in [0.2, 0.25) is 0 Å². The number of hydrogen-bond acceptors (Lipinski definition) is 2. The summed E-state index contributed by atoms with van der Waals surface area (Å²) in [5.74, 6) is 0.252. The Balaban J connectivity index is 4.64. The third kappa shape index (κ3) is 3.62. The van der Waals surface area contributed by atoms with Gasteiger partial charge in [-0.05, 0) is 26.2 Å². The molecule has 0 bridgehead atoms. The van der Waals surface area contributed by atoms with E-state index in [1.807, 2.05) is 13.8 Å². The zero-order valence-electron chi connectivity index (χ0n) is 9.31. The quantitative estimate of drug-likeness (QED) is 0.496. The molecule has 0 spiro atoms. The summed E-state index contributed by atoms with van der Waals surface area (Å²) in [5.41, 5.74) is 1.97. The van der Waals surface area contributed by atoms with Gasteiger partial charge in [0.05, 0.1) is 6.61 Å². The number of hydrogen-bond donors (Lipinski definition) is 0. The largest absolute Gasteiger partial charge is 0.463 e. The van der Waals surface area contributed by atoms with Crippen molar-refractivity contribution in [2.24, 2.45) is 5.92 Å². The Hall–Kier alpha value is -0.790. The molecule has 0 saturated heterocycles. The van der Waals surface area contributed by atoms with E-state index in [2.05, 4.69) is 20.8 Å². The number of rotatable bonds is 4. The summed E-state index contributed by atoms with van der Waals surface area (Å²) in [6.07, 6.45) is 0.919. The molecular weight excluding hydrogens is 164 g/mol. The van der Waals surface area contributed by atoms with E-state index in [4.69, 9.17) is 4.74 Å². The number of carbonyl (C=O) groups excluding carboxylic acids is 1. The normalized spacial score (nSPS) is 12.8. The monoisotopic (exact) mass is 184 g/mol. The van der Waals surface area contributed by atoms with Gasteiger partial charge >= 0.3 is 5.97 Å². The number of allylic oxidation sites excluding steroid dienone is 1. The van der Waals surface area contributed by atoms with E-state index in [-0.39, 0.29) is 5.97 Å². The molecule has 0 fully saturated rings. The Labute approximate surface area is 81.0 Å². The molecular formula is C11H20O2. The van der Waals surface area contributed by atoms with Crippen molar-refractivity contribution in [3.8, 4) is 0 Å². The molecule has 0 amide bonds. The minimum atomic E-state index is -0.173. The van der Waals surface area contributed by atoms with Gasteiger partial charge in [0.1, 0.15) is 0 Å². The van der Waals surface area contributed by atoms with Gasteiger partial charge in [-0.2, -0.15) is 0 Å². The first-order chi connectivity index (χ1) is 6.04. The molecule has 0 aliphatic carbocycles. The fraction of sp³-hybridized carbons (Fsp3) is 0.727. The van der Waals surface area contributed by atoms with Crippen molar-refractivity contribution in [2.75, 3.05) is 6.61 Å². The Kier molecular flexibility index (Phi) is 5.44. The fourth-order valence-electron chi connectivity index (χ4n) is 1.48. The first kappa shape index (κ1) is 12.2. The topological polar surface area (TPSA) is 26.3 Å². The van der Waals surface area contributed by atoms with Crippen molar-refractivity contribution < 1.29 is 9.53 Å². The second-order valence-corrected chi connectivity index (χ2v) is 3.38. The Morgan fingerprint density at radius 1 is 1.31 bits per heavy atom. The molecule has 0 aromatic rings. The van der Waals surface area contributed by atoms with E-state index in [1.54, 1.807) is 0 Å². The maximum atomic E-state index is 11.4. The van der Waals surface area contributed by atoms with E-state index in [0.29, 0.717) is 12.5 Å². The molecule has 2 nitrogen and oxygen atoms in total. The predicted molar refractivity (Wildman–Crippen MR) is 54.5 cm³/mol. The fourth-order valence-corrected chi connectivity index (χ4v) is 1.48. The maximum absolute atomic E-state index is 11.4. The minimum Gasteiger partial charge on any atom is -0.463 e. The first-order valence-corrected chi connectivity index (χ1v) is 4.91. The van der Waals surface area contributed by atoms with Crippen LogP contribution in [0.25, 0.3) is 0 Å². The molecule has 2 heteroatoms. The number of esters is 1. The average molecular weight is 184 g/mol. The van der Waals surface area contributed by atoms with E-state index in [0.717, 1.165) is 12.0 Å². The van der Waals surface area contributed by atoms with Crippen LogP contribution in [0.4, 0.5) is 0 Å². The highest BCUT2D eigenvalue weighted by molar-refractivity contribution is 5.88. The van der Waals surface area contributed by atoms with Crippen molar-refractivity contribution in [1.29, 1.82) is 0 Å². The van der Waals surface area contributed by atoms with E-state index in [9.17, 15) is 4.79 Å². The maximum Gasteiger partial charge on any atom is 0.333 e. The molecule has 76 valence electrons. The molecule has 0 aliphatic rings. The van der Waals surface area contributed by atoms with E-state index in [1.165, 1.54) is 5.57 Å². The van der Waals surface area contributed by atoms with Gasteiger partial charge in [0.15, 0.2) is 0 Å². The Bertz CT molecular complexity index is 202. The molecule has 0 heterocycles. The summed E-state index contributed by atoms with van der Waals surface area (Å²) in [6, 6.07) is 0. The highest BCUT2D eigenvalue weighted by Crippen LogP contribution is 2.18. The van der Waals surface area contributed by atoms with Gasteiger partial charge in [0, 0.05) is 5.57 Å². The number of ether oxygens (including phenoxy) is 1. The second kappa shape index (κ2) is 5.79. The Morgan fingerprint density at radius 2 is 1.85 bits per heavy atom. The number of carbonyl (C=O) groups is 1. The highest BCUT2D eigenvalue weighted by atomic mass is 16.5. The van der Waals surface area contributed by atoms with E-state index >= 15 is 0 Å². The third-order valence-corrected chi connectivity index (χ3v) is 2.14. The van der Waals surface area contributed by atoms with Crippen molar-refractivity contribution >= 4 is 5.97 Å². The summed E-state index contributed by atoms with van der Waals surface area (Å²) in [7, 11) is 0. The molecule has 0 aliphatic heterocycles. The van der Waals surface area contributed by atoms with Crippen LogP contribution >= 0.6 is 0 Å². The van der Waals surface area contributed by atoms with Crippen molar-refractivity contribution in [2.45, 2.75) is 41.0 Å². The van der Waals surface area contributed by atoms with Gasteiger partial charge in [-0.25, -0.2) is 4.79 Å². The van der Waals surface area contributed by atoms with Gasteiger partial charge in [-0.15, -0.1) is 0 Å². The van der Waals surface area contributed by atoms with Crippen molar-refractivity contribution in [3.63, 3.8) is 0 Å². The highest BCUT2D eigenvalue weighted by Gasteiger charge is 2.12. The summed E-state index contributed by atoms with van der Waals surface area (Å²) in [5, 5.41) is 0. The average Bonchev–Trinajstić information content (AvgIpc) is 2.05. The van der Waals surface area contributed by atoms with Crippen LogP contribution in [-0.4, -0.2) is 12.6 Å². The molecule has 0 aromatic carbocycles. The van der Waals surface area contributed by atoms with Crippen LogP contribution in [0.15, 0.2) is 11.1 Å². The Morgan fingerprint density at radius 3 is 2.15 bits per heavy atom. The molecule has 13 heavy (non-hydrogen) atoms. The van der Waals surface area contributed by atoms with Gasteiger partial charge in [0.25, 0.3) is 0 Å². The van der Waals surface area contributed by atoms with Gasteiger partial charge in [-0.3, -0.25) is 0 Å². The van der Waals surface area contributed by atoms with Crippen molar-refractivity contribution in [3.05, 3.63) is 11.1 Å². The molecule has 0 rings (SSSR count). The van der Waals surface area contributed by atoms with Crippen LogP contribution in [0.1, 0.15) is 41.0 Å². The molecule has 0 saturated carbocycles. The summed E-state index contributed by atoms with van der Waals surface area (Å²) >= 11 is 0. The molecule has 0 atom stereocenters. The molecule has 0 N–H and O–H groups in total. The van der Waals surface area contributed by atoms with Crippen molar-refractivity contribution in [1.82, 2.24) is 0 Å². The lowest BCUT2D eigenvalue weighted by atomic mass is 9.96. The van der Waals surface area contributed by atoms with Gasteiger partial charge in [0.2, 0.25) is 0 Å².